The van der Waals surface area contributed by atoms with Crippen LogP contribution in [0.15, 0.2) is 24.3 Å². The third-order valence-electron chi connectivity index (χ3n) is 2.86. The Bertz CT molecular complexity index is 254. The first-order valence-electron chi connectivity index (χ1n) is 7.26. The van der Waals surface area contributed by atoms with Crippen molar-refractivity contribution in [1.29, 1.82) is 0 Å². The van der Waals surface area contributed by atoms with Crippen LogP contribution in [0, 0.1) is 0 Å². The molecule has 0 aromatic rings. The first kappa shape index (κ1) is 17.1. The molecule has 0 aromatic heterocycles. The van der Waals surface area contributed by atoms with Crippen molar-refractivity contribution < 1.29 is 9.90 Å². The maximum atomic E-state index is 11.4. The zero-order chi connectivity index (χ0) is 13.6. The first-order chi connectivity index (χ1) is 8.70. The maximum absolute atomic E-state index is 11.4. The van der Waals surface area contributed by atoms with Crippen LogP contribution in [0.5, 0.6) is 0 Å². The molecular formula is C16H28O2. The lowest BCUT2D eigenvalue weighted by atomic mass is 10.1. The molecule has 0 saturated heterocycles. The molecule has 2 nitrogen and oxygen atoms in total. The van der Waals surface area contributed by atoms with E-state index >= 15 is 0 Å². The van der Waals surface area contributed by atoms with Crippen molar-refractivity contribution in [1.82, 2.24) is 0 Å². The van der Waals surface area contributed by atoms with Gasteiger partial charge in [0.25, 0.3) is 0 Å². The summed E-state index contributed by atoms with van der Waals surface area (Å²) in [5.74, 6) is 0.175. The molecule has 0 rings (SSSR count). The fourth-order valence-corrected chi connectivity index (χ4v) is 1.69. The molecule has 1 atom stereocenters. The van der Waals surface area contributed by atoms with Crippen LogP contribution in [-0.2, 0) is 4.79 Å². The summed E-state index contributed by atoms with van der Waals surface area (Å²) in [6.45, 7) is 4.28. The second-order valence-corrected chi connectivity index (χ2v) is 4.73. The highest BCUT2D eigenvalue weighted by Gasteiger charge is 1.97. The van der Waals surface area contributed by atoms with Crippen molar-refractivity contribution in [3.63, 3.8) is 0 Å². The molecule has 0 aliphatic carbocycles. The van der Waals surface area contributed by atoms with Gasteiger partial charge in [-0.3, -0.25) is 4.79 Å². The lowest BCUT2D eigenvalue weighted by Crippen LogP contribution is -2.00. The molecule has 1 unspecified atom stereocenters. The monoisotopic (exact) mass is 252 g/mol. The number of unbranched alkanes of at least 4 members (excludes halogenated alkanes) is 4. The number of rotatable bonds is 11. The summed E-state index contributed by atoms with van der Waals surface area (Å²) in [4.78, 5) is 11.4. The van der Waals surface area contributed by atoms with Crippen LogP contribution in [0.1, 0.15) is 65.2 Å². The Morgan fingerprint density at radius 1 is 1.06 bits per heavy atom. The molecule has 0 heterocycles. The number of hydrogen-bond donors (Lipinski definition) is 1. The van der Waals surface area contributed by atoms with E-state index in [1.54, 1.807) is 24.3 Å². The van der Waals surface area contributed by atoms with Crippen molar-refractivity contribution in [3.8, 4) is 0 Å². The van der Waals surface area contributed by atoms with Gasteiger partial charge in [-0.25, -0.2) is 0 Å². The summed E-state index contributed by atoms with van der Waals surface area (Å²) < 4.78 is 0. The maximum Gasteiger partial charge on any atom is 0.155 e. The van der Waals surface area contributed by atoms with E-state index in [0.29, 0.717) is 6.42 Å². The molecule has 2 heteroatoms. The second-order valence-electron chi connectivity index (χ2n) is 4.73. The van der Waals surface area contributed by atoms with Crippen molar-refractivity contribution in [2.45, 2.75) is 71.3 Å². The van der Waals surface area contributed by atoms with E-state index in [1.165, 1.54) is 6.42 Å². The van der Waals surface area contributed by atoms with Gasteiger partial charge in [0.2, 0.25) is 0 Å². The lowest BCUT2D eigenvalue weighted by Gasteiger charge is -2.02. The summed E-state index contributed by atoms with van der Waals surface area (Å²) in [6.07, 6.45) is 14.6. The Labute approximate surface area is 112 Å². The zero-order valence-electron chi connectivity index (χ0n) is 11.9. The van der Waals surface area contributed by atoms with Crippen LogP contribution in [0.3, 0.4) is 0 Å². The van der Waals surface area contributed by atoms with Crippen LogP contribution in [0.2, 0.25) is 0 Å². The standard InChI is InChI=1S/C16H28O2/c1-3-5-7-11-15(17)13-9-10-14-16(18)12-8-6-4-2/h9-10,13-15,17H,3-8,11-12H2,1-2H3. The Balaban J connectivity index is 3.68. The molecular weight excluding hydrogens is 224 g/mol. The Kier molecular flexibility index (Phi) is 11.9. The molecule has 1 N–H and O–H groups in total. The zero-order valence-corrected chi connectivity index (χ0v) is 11.9. The molecule has 0 bridgehead atoms. The van der Waals surface area contributed by atoms with Crippen LogP contribution in [-0.4, -0.2) is 17.0 Å². The Hall–Kier alpha value is -0.890. The molecule has 0 aromatic carbocycles. The largest absolute Gasteiger partial charge is 0.389 e. The molecule has 0 saturated carbocycles. The molecule has 0 aliphatic heterocycles. The number of carbonyl (C=O) groups is 1. The number of ketones is 1. The van der Waals surface area contributed by atoms with E-state index < -0.39 is 0 Å². The topological polar surface area (TPSA) is 37.3 Å². The average molecular weight is 252 g/mol. The van der Waals surface area contributed by atoms with E-state index in [-0.39, 0.29) is 11.9 Å². The van der Waals surface area contributed by atoms with Gasteiger partial charge in [-0.1, -0.05) is 64.2 Å². The highest BCUT2D eigenvalue weighted by Crippen LogP contribution is 2.04. The molecule has 0 amide bonds. The Morgan fingerprint density at radius 2 is 1.72 bits per heavy atom. The number of aliphatic hydroxyl groups excluding tert-OH is 1. The first-order valence-corrected chi connectivity index (χ1v) is 7.26. The molecule has 0 fully saturated rings. The molecule has 0 spiro atoms. The molecule has 0 radical (unpaired) electrons. The molecule has 104 valence electrons. The number of hydrogen-bond acceptors (Lipinski definition) is 2. The van der Waals surface area contributed by atoms with Gasteiger partial charge >= 0.3 is 0 Å². The molecule has 0 aliphatic rings. The predicted molar refractivity (Wildman–Crippen MR) is 77.6 cm³/mol. The van der Waals surface area contributed by atoms with Crippen LogP contribution >= 0.6 is 0 Å². The predicted octanol–water partition coefficient (Wildman–Crippen LogP) is 4.19. The van der Waals surface area contributed by atoms with Gasteiger partial charge in [-0.15, -0.1) is 0 Å². The molecule has 18 heavy (non-hydrogen) atoms. The quantitative estimate of drug-likeness (QED) is 0.340. The number of carbonyl (C=O) groups excluding carboxylic acids is 1. The smallest absolute Gasteiger partial charge is 0.155 e. The Morgan fingerprint density at radius 3 is 2.39 bits per heavy atom. The third-order valence-corrected chi connectivity index (χ3v) is 2.86. The average Bonchev–Trinajstić information content (AvgIpc) is 2.35. The van der Waals surface area contributed by atoms with Gasteiger partial charge in [-0.05, 0) is 18.9 Å². The van der Waals surface area contributed by atoms with Gasteiger partial charge in [-0.2, -0.15) is 0 Å². The van der Waals surface area contributed by atoms with Crippen molar-refractivity contribution in [3.05, 3.63) is 24.3 Å². The van der Waals surface area contributed by atoms with Gasteiger partial charge in [0.05, 0.1) is 6.10 Å². The minimum atomic E-state index is -0.378. The second kappa shape index (κ2) is 12.6. The van der Waals surface area contributed by atoms with E-state index in [2.05, 4.69) is 13.8 Å². The van der Waals surface area contributed by atoms with Crippen LogP contribution in [0.4, 0.5) is 0 Å². The van der Waals surface area contributed by atoms with Crippen molar-refractivity contribution >= 4 is 5.78 Å². The minimum absolute atomic E-state index is 0.175. The highest BCUT2D eigenvalue weighted by atomic mass is 16.3. The number of allylic oxidation sites excluding steroid dienone is 3. The summed E-state index contributed by atoms with van der Waals surface area (Å²) in [6, 6.07) is 0. The van der Waals surface area contributed by atoms with Crippen LogP contribution < -0.4 is 0 Å². The van der Waals surface area contributed by atoms with E-state index in [9.17, 15) is 9.90 Å². The van der Waals surface area contributed by atoms with E-state index in [4.69, 9.17) is 0 Å². The van der Waals surface area contributed by atoms with Gasteiger partial charge in [0, 0.05) is 6.42 Å². The van der Waals surface area contributed by atoms with Gasteiger partial charge < -0.3 is 5.11 Å². The minimum Gasteiger partial charge on any atom is -0.389 e. The summed E-state index contributed by atoms with van der Waals surface area (Å²) in [5.41, 5.74) is 0. The summed E-state index contributed by atoms with van der Waals surface area (Å²) in [7, 11) is 0. The fraction of sp³-hybridized carbons (Fsp3) is 0.688. The highest BCUT2D eigenvalue weighted by molar-refractivity contribution is 5.89. The van der Waals surface area contributed by atoms with Crippen LogP contribution in [0.25, 0.3) is 0 Å². The SMILES string of the molecule is CCCCCC(=O)C=CC=CC(O)CCCCC. The number of aliphatic hydroxyl groups is 1. The van der Waals surface area contributed by atoms with Gasteiger partial charge in [0.15, 0.2) is 5.78 Å². The van der Waals surface area contributed by atoms with Crippen molar-refractivity contribution in [2.24, 2.45) is 0 Å². The van der Waals surface area contributed by atoms with Gasteiger partial charge in [0.1, 0.15) is 0 Å². The van der Waals surface area contributed by atoms with E-state index in [0.717, 1.165) is 38.5 Å². The summed E-state index contributed by atoms with van der Waals surface area (Å²) >= 11 is 0. The summed E-state index contributed by atoms with van der Waals surface area (Å²) in [5, 5.41) is 9.61. The fourth-order valence-electron chi connectivity index (χ4n) is 1.69. The third kappa shape index (κ3) is 11.6. The lowest BCUT2D eigenvalue weighted by molar-refractivity contribution is -0.114. The normalized spacial score (nSPS) is 13.5. The van der Waals surface area contributed by atoms with Crippen molar-refractivity contribution in [2.75, 3.05) is 0 Å². The van der Waals surface area contributed by atoms with E-state index in [1.807, 2.05) is 0 Å².